The number of hydrogen-bond acceptors (Lipinski definition) is 7. The largest absolute Gasteiger partial charge is 0.494 e. The molecule has 2 aromatic rings. The summed E-state index contributed by atoms with van der Waals surface area (Å²) in [6.45, 7) is 2.92. The molecular formula is C19H20N2O7. The van der Waals surface area contributed by atoms with Gasteiger partial charge in [0.15, 0.2) is 12.2 Å². The first-order valence-electron chi connectivity index (χ1n) is 8.37. The Balaban J connectivity index is 1.97. The number of carbonyl (C=O) groups is 2. The van der Waals surface area contributed by atoms with Crippen molar-refractivity contribution in [2.75, 3.05) is 12.4 Å². The molecule has 1 amide bonds. The second kappa shape index (κ2) is 9.36. The Bertz CT molecular complexity index is 855. The van der Waals surface area contributed by atoms with E-state index in [-0.39, 0.29) is 17.1 Å². The third-order valence-electron chi connectivity index (χ3n) is 3.70. The molecule has 0 aliphatic rings. The first-order valence-corrected chi connectivity index (χ1v) is 8.37. The zero-order valence-electron chi connectivity index (χ0n) is 15.6. The highest BCUT2D eigenvalue weighted by Gasteiger charge is 2.24. The van der Waals surface area contributed by atoms with Crippen LogP contribution in [0.3, 0.4) is 0 Å². The minimum atomic E-state index is -1.12. The van der Waals surface area contributed by atoms with E-state index in [1.165, 1.54) is 39.2 Å². The lowest BCUT2D eigenvalue weighted by Crippen LogP contribution is -2.35. The lowest BCUT2D eigenvalue weighted by Gasteiger charge is -2.18. The summed E-state index contributed by atoms with van der Waals surface area (Å²) in [5.41, 5.74) is 0.0378. The molecule has 0 heterocycles. The van der Waals surface area contributed by atoms with Crippen molar-refractivity contribution in [3.8, 4) is 11.5 Å². The molecule has 2 aromatic carbocycles. The van der Waals surface area contributed by atoms with Crippen molar-refractivity contribution in [2.24, 2.45) is 0 Å². The van der Waals surface area contributed by atoms with Crippen molar-refractivity contribution in [3.63, 3.8) is 0 Å². The number of non-ortho nitro benzene ring substituents is 1. The molecule has 9 heteroatoms. The summed E-state index contributed by atoms with van der Waals surface area (Å²) in [4.78, 5) is 34.7. The van der Waals surface area contributed by atoms with Gasteiger partial charge in [-0.1, -0.05) is 18.2 Å². The van der Waals surface area contributed by atoms with E-state index in [1.807, 2.05) is 6.07 Å². The van der Waals surface area contributed by atoms with Crippen LogP contribution in [0.1, 0.15) is 13.8 Å². The lowest BCUT2D eigenvalue weighted by atomic mass is 10.2. The summed E-state index contributed by atoms with van der Waals surface area (Å²) in [6, 6.07) is 12.5. The highest BCUT2D eigenvalue weighted by Crippen LogP contribution is 2.29. The summed E-state index contributed by atoms with van der Waals surface area (Å²) in [5, 5.41) is 13.3. The van der Waals surface area contributed by atoms with Crippen LogP contribution in [0.25, 0.3) is 0 Å². The van der Waals surface area contributed by atoms with Crippen molar-refractivity contribution in [1.82, 2.24) is 0 Å². The first-order chi connectivity index (χ1) is 13.3. The van der Waals surface area contributed by atoms with Gasteiger partial charge in [0.25, 0.3) is 11.6 Å². The van der Waals surface area contributed by atoms with Gasteiger partial charge >= 0.3 is 5.97 Å². The fourth-order valence-electron chi connectivity index (χ4n) is 2.21. The van der Waals surface area contributed by atoms with Gasteiger partial charge in [-0.25, -0.2) is 4.79 Å². The first kappa shape index (κ1) is 20.7. The molecule has 0 bridgehead atoms. The van der Waals surface area contributed by atoms with E-state index in [0.717, 1.165) is 0 Å². The van der Waals surface area contributed by atoms with Crippen LogP contribution in [0.4, 0.5) is 11.4 Å². The third kappa shape index (κ3) is 5.44. The van der Waals surface area contributed by atoms with Crippen molar-refractivity contribution in [2.45, 2.75) is 26.1 Å². The maximum Gasteiger partial charge on any atom is 0.347 e. The fraction of sp³-hybridized carbons (Fsp3) is 0.263. The molecule has 2 rings (SSSR count). The Kier molecular flexibility index (Phi) is 6.91. The van der Waals surface area contributed by atoms with Crippen LogP contribution in [-0.2, 0) is 14.3 Å². The van der Waals surface area contributed by atoms with E-state index in [0.29, 0.717) is 5.75 Å². The number of nitrogens with zero attached hydrogens (tertiary/aromatic N) is 1. The molecular weight excluding hydrogens is 368 g/mol. The topological polar surface area (TPSA) is 117 Å². The smallest absolute Gasteiger partial charge is 0.347 e. The average molecular weight is 388 g/mol. The summed E-state index contributed by atoms with van der Waals surface area (Å²) < 4.78 is 15.6. The van der Waals surface area contributed by atoms with Gasteiger partial charge in [0.1, 0.15) is 11.5 Å². The van der Waals surface area contributed by atoms with Crippen LogP contribution in [0.15, 0.2) is 48.5 Å². The summed E-state index contributed by atoms with van der Waals surface area (Å²) in [6.07, 6.45) is -2.03. The zero-order chi connectivity index (χ0) is 20.7. The van der Waals surface area contributed by atoms with Gasteiger partial charge in [-0.2, -0.15) is 0 Å². The molecule has 28 heavy (non-hydrogen) atoms. The van der Waals surface area contributed by atoms with Gasteiger partial charge in [-0.3, -0.25) is 14.9 Å². The van der Waals surface area contributed by atoms with Crippen molar-refractivity contribution in [1.29, 1.82) is 0 Å². The second-order valence-electron chi connectivity index (χ2n) is 5.78. The number of benzene rings is 2. The van der Waals surface area contributed by atoms with Gasteiger partial charge in [0.2, 0.25) is 0 Å². The highest BCUT2D eigenvalue weighted by atomic mass is 16.6. The zero-order valence-corrected chi connectivity index (χ0v) is 15.6. The monoisotopic (exact) mass is 388 g/mol. The second-order valence-corrected chi connectivity index (χ2v) is 5.78. The van der Waals surface area contributed by atoms with Crippen molar-refractivity contribution >= 4 is 23.3 Å². The van der Waals surface area contributed by atoms with E-state index >= 15 is 0 Å². The molecule has 0 aromatic heterocycles. The number of carbonyl (C=O) groups excluding carboxylic acids is 2. The summed E-state index contributed by atoms with van der Waals surface area (Å²) in [7, 11) is 1.32. The molecule has 0 unspecified atom stereocenters. The third-order valence-corrected chi connectivity index (χ3v) is 3.70. The van der Waals surface area contributed by atoms with Gasteiger partial charge in [0, 0.05) is 6.07 Å². The van der Waals surface area contributed by atoms with E-state index in [9.17, 15) is 19.7 Å². The molecule has 148 valence electrons. The van der Waals surface area contributed by atoms with Gasteiger partial charge in [-0.05, 0) is 32.0 Å². The van der Waals surface area contributed by atoms with Crippen LogP contribution in [0, 0.1) is 10.1 Å². The van der Waals surface area contributed by atoms with E-state index in [1.54, 1.807) is 24.3 Å². The number of methoxy groups -OCH3 is 1. The Morgan fingerprint density at radius 1 is 1.07 bits per heavy atom. The van der Waals surface area contributed by atoms with E-state index in [4.69, 9.17) is 14.2 Å². The Morgan fingerprint density at radius 3 is 2.36 bits per heavy atom. The van der Waals surface area contributed by atoms with Gasteiger partial charge in [-0.15, -0.1) is 0 Å². The van der Waals surface area contributed by atoms with Crippen LogP contribution >= 0.6 is 0 Å². The molecule has 0 aliphatic carbocycles. The minimum absolute atomic E-state index is 0.113. The summed E-state index contributed by atoms with van der Waals surface area (Å²) >= 11 is 0. The van der Waals surface area contributed by atoms with Crippen LogP contribution in [0.5, 0.6) is 11.5 Å². The van der Waals surface area contributed by atoms with E-state index in [2.05, 4.69) is 5.32 Å². The van der Waals surface area contributed by atoms with E-state index < -0.39 is 29.0 Å². The predicted molar refractivity (Wildman–Crippen MR) is 100 cm³/mol. The number of anilines is 1. The number of nitrogens with one attached hydrogen (secondary N) is 1. The Hall–Kier alpha value is -3.62. The minimum Gasteiger partial charge on any atom is -0.494 e. The van der Waals surface area contributed by atoms with Gasteiger partial charge in [0.05, 0.1) is 23.8 Å². The quantitative estimate of drug-likeness (QED) is 0.420. The number of amides is 1. The number of ether oxygens (including phenoxy) is 3. The number of esters is 1. The lowest BCUT2D eigenvalue weighted by molar-refractivity contribution is -0.384. The molecule has 0 radical (unpaired) electrons. The Morgan fingerprint density at radius 2 is 1.75 bits per heavy atom. The van der Waals surface area contributed by atoms with Crippen LogP contribution < -0.4 is 14.8 Å². The molecule has 1 N–H and O–H groups in total. The molecule has 9 nitrogen and oxygen atoms in total. The molecule has 0 saturated carbocycles. The predicted octanol–water partition coefficient (Wildman–Crippen LogP) is 2.94. The number of rotatable bonds is 8. The van der Waals surface area contributed by atoms with Gasteiger partial charge < -0.3 is 19.5 Å². The number of nitro groups is 1. The molecule has 0 aliphatic heterocycles. The average Bonchev–Trinajstić information content (AvgIpc) is 2.68. The Labute approximate surface area is 161 Å². The number of para-hydroxylation sites is 1. The normalized spacial score (nSPS) is 12.4. The SMILES string of the molecule is COc1cc([N+](=O)[O-])ccc1NC(=O)[C@@H](C)OC(=O)[C@@H](C)Oc1ccccc1. The maximum absolute atomic E-state index is 12.3. The fourth-order valence-corrected chi connectivity index (χ4v) is 2.21. The van der Waals surface area contributed by atoms with Crippen LogP contribution in [-0.4, -0.2) is 36.1 Å². The molecule has 2 atom stereocenters. The van der Waals surface area contributed by atoms with Crippen LogP contribution in [0.2, 0.25) is 0 Å². The van der Waals surface area contributed by atoms with Crippen molar-refractivity contribution < 1.29 is 28.7 Å². The molecule has 0 spiro atoms. The van der Waals surface area contributed by atoms with Crippen molar-refractivity contribution in [3.05, 3.63) is 58.6 Å². The number of hydrogen-bond donors (Lipinski definition) is 1. The standard InChI is InChI=1S/C19H20N2O7/c1-12(28-19(23)13(2)27-15-7-5-4-6-8-15)18(22)20-16-10-9-14(21(24)25)11-17(16)26-3/h4-13H,1-3H3,(H,20,22)/t12-,13-/m1/s1. The number of nitro benzene ring substituents is 1. The molecule has 0 fully saturated rings. The maximum atomic E-state index is 12.3. The highest BCUT2D eigenvalue weighted by molar-refractivity contribution is 5.96. The molecule has 0 saturated heterocycles. The summed E-state index contributed by atoms with van der Waals surface area (Å²) in [5.74, 6) is -0.712.